The van der Waals surface area contributed by atoms with Crippen molar-refractivity contribution in [3.63, 3.8) is 0 Å². The van der Waals surface area contributed by atoms with Gasteiger partial charge in [0.15, 0.2) is 0 Å². The van der Waals surface area contributed by atoms with Gasteiger partial charge in [0.1, 0.15) is 10.6 Å². The number of hydrogen-bond donors (Lipinski definition) is 2. The Labute approximate surface area is 197 Å². The van der Waals surface area contributed by atoms with Crippen molar-refractivity contribution in [1.82, 2.24) is 9.62 Å². The van der Waals surface area contributed by atoms with Crippen molar-refractivity contribution in [2.45, 2.75) is 31.0 Å². The van der Waals surface area contributed by atoms with Crippen LogP contribution in [0.1, 0.15) is 24.2 Å². The number of carbonyl (C=O) groups excluding carboxylic acids is 1. The van der Waals surface area contributed by atoms with Crippen molar-refractivity contribution in [1.29, 1.82) is 0 Å². The van der Waals surface area contributed by atoms with Crippen LogP contribution >= 0.6 is 11.6 Å². The van der Waals surface area contributed by atoms with E-state index in [2.05, 4.69) is 10.6 Å². The third-order valence-electron chi connectivity index (χ3n) is 5.02. The first kappa shape index (κ1) is 24.9. The quantitative estimate of drug-likeness (QED) is 0.326. The lowest BCUT2D eigenvalue weighted by Gasteiger charge is -2.34. The number of nitrogens with one attached hydrogen (secondary N) is 2. The van der Waals surface area contributed by atoms with Gasteiger partial charge in [-0.1, -0.05) is 23.7 Å². The van der Waals surface area contributed by atoms with Gasteiger partial charge < -0.3 is 15.4 Å². The molecule has 1 aliphatic heterocycles. The number of ether oxygens (including phenoxy) is 1. The molecule has 0 aliphatic carbocycles. The van der Waals surface area contributed by atoms with Crippen LogP contribution in [-0.2, 0) is 14.8 Å². The van der Waals surface area contributed by atoms with Gasteiger partial charge in [0.2, 0.25) is 10.0 Å². The van der Waals surface area contributed by atoms with E-state index in [1.807, 2.05) is 0 Å². The van der Waals surface area contributed by atoms with Crippen LogP contribution in [0.25, 0.3) is 0 Å². The molecule has 3 rings (SSSR count). The van der Waals surface area contributed by atoms with Crippen molar-refractivity contribution < 1.29 is 22.9 Å². The molecule has 0 radical (unpaired) electrons. The monoisotopic (exact) mass is 496 g/mol. The van der Waals surface area contributed by atoms with E-state index in [0.717, 1.165) is 0 Å². The van der Waals surface area contributed by atoms with E-state index in [4.69, 9.17) is 16.3 Å². The Morgan fingerprint density at radius 1 is 1.18 bits per heavy atom. The average molecular weight is 497 g/mol. The second kappa shape index (κ2) is 10.5. The Hall–Kier alpha value is -2.73. The van der Waals surface area contributed by atoms with Gasteiger partial charge in [0, 0.05) is 37.8 Å². The summed E-state index contributed by atoms with van der Waals surface area (Å²) in [6.45, 7) is 4.36. The number of anilines is 1. The van der Waals surface area contributed by atoms with Crippen LogP contribution in [0.5, 0.6) is 0 Å². The van der Waals surface area contributed by atoms with Crippen molar-refractivity contribution in [3.05, 3.63) is 63.2 Å². The van der Waals surface area contributed by atoms with Gasteiger partial charge >= 0.3 is 0 Å². The van der Waals surface area contributed by atoms with Gasteiger partial charge in [-0.2, -0.15) is 4.31 Å². The number of halogens is 1. The van der Waals surface area contributed by atoms with Gasteiger partial charge in [-0.15, -0.1) is 0 Å². The number of amides is 1. The first-order chi connectivity index (χ1) is 15.6. The molecule has 0 aromatic heterocycles. The van der Waals surface area contributed by atoms with Crippen molar-refractivity contribution in [2.75, 3.05) is 31.5 Å². The maximum absolute atomic E-state index is 13.2. The maximum Gasteiger partial charge on any atom is 0.292 e. The molecule has 12 heteroatoms. The van der Waals surface area contributed by atoms with E-state index >= 15 is 0 Å². The van der Waals surface area contributed by atoms with Gasteiger partial charge in [-0.05, 0) is 38.1 Å². The van der Waals surface area contributed by atoms with Crippen LogP contribution in [0.4, 0.5) is 11.4 Å². The molecule has 2 atom stereocenters. The summed E-state index contributed by atoms with van der Waals surface area (Å²) in [6, 6.07) is 10.3. The zero-order chi connectivity index (χ0) is 24.2. The molecular formula is C21H25ClN4O6S. The minimum absolute atomic E-state index is 0.0244. The fourth-order valence-electron chi connectivity index (χ4n) is 3.57. The Kier molecular flexibility index (Phi) is 7.90. The molecule has 1 fully saturated rings. The lowest BCUT2D eigenvalue weighted by molar-refractivity contribution is -0.384. The maximum atomic E-state index is 13.2. The number of nitrogens with zero attached hydrogens (tertiary/aromatic N) is 2. The third kappa shape index (κ3) is 5.99. The molecule has 0 unspecified atom stereocenters. The van der Waals surface area contributed by atoms with Crippen molar-refractivity contribution >= 4 is 38.9 Å². The number of hydrogen-bond acceptors (Lipinski definition) is 7. The molecule has 0 spiro atoms. The zero-order valence-corrected chi connectivity index (χ0v) is 19.7. The number of nitro benzene ring substituents is 1. The van der Waals surface area contributed by atoms with Crippen LogP contribution in [-0.4, -0.2) is 61.9 Å². The fraction of sp³-hybridized carbons (Fsp3) is 0.381. The number of sulfonamides is 1. The second-order valence-electron chi connectivity index (χ2n) is 7.68. The van der Waals surface area contributed by atoms with Gasteiger partial charge in [-0.3, -0.25) is 14.9 Å². The average Bonchev–Trinajstić information content (AvgIpc) is 2.76. The molecule has 1 aliphatic rings. The largest absolute Gasteiger partial charge is 0.378 e. The number of morpholine rings is 1. The van der Waals surface area contributed by atoms with Gasteiger partial charge in [0.25, 0.3) is 11.6 Å². The van der Waals surface area contributed by atoms with Crippen molar-refractivity contribution in [3.8, 4) is 0 Å². The summed E-state index contributed by atoms with van der Waals surface area (Å²) in [5, 5.41) is 16.7. The number of para-hydroxylation sites is 2. The molecule has 2 aromatic rings. The SMILES string of the molecule is C[C@@H]1CN(S(=O)(=O)c2cc(C(=O)NCCNc3ccccc3[N+](=O)[O-])ccc2Cl)C[C@@H](C)O1. The zero-order valence-electron chi connectivity index (χ0n) is 18.2. The van der Waals surface area contributed by atoms with E-state index in [1.165, 1.54) is 28.6 Å². The second-order valence-corrected chi connectivity index (χ2v) is 10.00. The first-order valence-corrected chi connectivity index (χ1v) is 12.1. The summed E-state index contributed by atoms with van der Waals surface area (Å²) in [4.78, 5) is 23.0. The van der Waals surface area contributed by atoms with Crippen LogP contribution in [0, 0.1) is 10.1 Å². The lowest BCUT2D eigenvalue weighted by atomic mass is 10.2. The highest BCUT2D eigenvalue weighted by Crippen LogP contribution is 2.28. The normalized spacial score (nSPS) is 19.1. The Morgan fingerprint density at radius 3 is 2.52 bits per heavy atom. The van der Waals surface area contributed by atoms with Crippen LogP contribution in [0.15, 0.2) is 47.4 Å². The van der Waals surface area contributed by atoms with E-state index in [1.54, 1.807) is 32.0 Å². The van der Waals surface area contributed by atoms with E-state index < -0.39 is 20.9 Å². The summed E-state index contributed by atoms with van der Waals surface area (Å²) in [5.41, 5.74) is 0.409. The summed E-state index contributed by atoms with van der Waals surface area (Å²) in [7, 11) is -3.92. The lowest BCUT2D eigenvalue weighted by Crippen LogP contribution is -2.48. The van der Waals surface area contributed by atoms with Crippen LogP contribution in [0.2, 0.25) is 5.02 Å². The molecule has 10 nitrogen and oxygen atoms in total. The minimum Gasteiger partial charge on any atom is -0.378 e. The highest BCUT2D eigenvalue weighted by Gasteiger charge is 2.33. The molecule has 178 valence electrons. The minimum atomic E-state index is -3.92. The van der Waals surface area contributed by atoms with Gasteiger partial charge in [-0.25, -0.2) is 8.42 Å². The Morgan fingerprint density at radius 2 is 1.85 bits per heavy atom. The van der Waals surface area contributed by atoms with E-state index in [0.29, 0.717) is 5.69 Å². The van der Waals surface area contributed by atoms with Crippen LogP contribution in [0.3, 0.4) is 0 Å². The predicted molar refractivity (Wildman–Crippen MR) is 124 cm³/mol. The third-order valence-corrected chi connectivity index (χ3v) is 7.34. The molecule has 1 heterocycles. The summed E-state index contributed by atoms with van der Waals surface area (Å²) in [6.07, 6.45) is -0.525. The van der Waals surface area contributed by atoms with Crippen LogP contribution < -0.4 is 10.6 Å². The number of rotatable bonds is 8. The molecular weight excluding hydrogens is 472 g/mol. The smallest absolute Gasteiger partial charge is 0.292 e. The molecule has 33 heavy (non-hydrogen) atoms. The van der Waals surface area contributed by atoms with Gasteiger partial charge in [0.05, 0.1) is 22.2 Å². The molecule has 0 bridgehead atoms. The highest BCUT2D eigenvalue weighted by atomic mass is 35.5. The Bertz CT molecular complexity index is 1130. The molecule has 1 amide bonds. The van der Waals surface area contributed by atoms with E-state index in [-0.39, 0.29) is 59.6 Å². The topological polar surface area (TPSA) is 131 Å². The summed E-state index contributed by atoms with van der Waals surface area (Å²) >= 11 is 6.18. The molecule has 1 saturated heterocycles. The number of nitro groups is 1. The highest BCUT2D eigenvalue weighted by molar-refractivity contribution is 7.89. The number of benzene rings is 2. The summed E-state index contributed by atoms with van der Waals surface area (Å²) in [5.74, 6) is -0.490. The summed E-state index contributed by atoms with van der Waals surface area (Å²) < 4.78 is 33.2. The number of carbonyl (C=O) groups is 1. The van der Waals surface area contributed by atoms with Crippen molar-refractivity contribution in [2.24, 2.45) is 0 Å². The first-order valence-electron chi connectivity index (χ1n) is 10.3. The molecule has 2 aromatic carbocycles. The standard InChI is InChI=1S/C21H25ClN4O6S/c1-14-12-25(13-15(2)32-14)33(30,31)20-11-16(7-8-17(20)22)21(27)24-10-9-23-18-5-3-4-6-19(18)26(28)29/h3-8,11,14-15,23H,9-10,12-13H2,1-2H3,(H,24,27)/t14-,15-/m1/s1. The van der Waals surface area contributed by atoms with E-state index in [9.17, 15) is 23.3 Å². The Balaban J connectivity index is 1.66. The fourth-order valence-corrected chi connectivity index (χ4v) is 5.66. The molecule has 0 saturated carbocycles. The molecule has 2 N–H and O–H groups in total. The predicted octanol–water partition coefficient (Wildman–Crippen LogP) is 2.89.